The van der Waals surface area contributed by atoms with E-state index in [-0.39, 0.29) is 7.92 Å². The summed E-state index contributed by atoms with van der Waals surface area (Å²) in [6.45, 7) is 4.96. The molecule has 88 valence electrons. The molecule has 1 aromatic carbocycles. The summed E-state index contributed by atoms with van der Waals surface area (Å²) in [7, 11) is 1.33. The third kappa shape index (κ3) is 2.13. The predicted molar refractivity (Wildman–Crippen MR) is 79.5 cm³/mol. The van der Waals surface area contributed by atoms with Crippen LogP contribution in [0.15, 0.2) is 24.3 Å². The lowest BCUT2D eigenvalue weighted by atomic mass is 9.83. The maximum Gasteiger partial charge on any atom is 0.0389 e. The van der Waals surface area contributed by atoms with Crippen LogP contribution in [0.2, 0.25) is 0 Å². The van der Waals surface area contributed by atoms with Gasteiger partial charge in [0, 0.05) is 15.4 Å². The monoisotopic (exact) mass is 250 g/mol. The first-order valence-corrected chi connectivity index (χ1v) is 9.64. The third-order valence-corrected chi connectivity index (χ3v) is 7.46. The molecule has 1 aromatic rings. The number of rotatable bonds is 2. The number of benzene rings is 1. The summed E-state index contributed by atoms with van der Waals surface area (Å²) in [4.78, 5) is 0. The van der Waals surface area contributed by atoms with Crippen LogP contribution in [0.4, 0.5) is 0 Å². The van der Waals surface area contributed by atoms with Gasteiger partial charge in [-0.1, -0.05) is 48.7 Å². The standard InChI is InChI=1S/C14H23PSi/c1-15(2)14(10-6-3-7-11-14)12-8-4-5-9-13(12)16/h4-5,8-9H,3,6-7,10-11H2,1-2,16H3. The highest BCUT2D eigenvalue weighted by Crippen LogP contribution is 2.58. The van der Waals surface area contributed by atoms with Crippen molar-refractivity contribution >= 4 is 23.4 Å². The van der Waals surface area contributed by atoms with Crippen LogP contribution in [0.3, 0.4) is 0 Å². The Hall–Kier alpha value is -0.133. The highest BCUT2D eigenvalue weighted by molar-refractivity contribution is 7.57. The van der Waals surface area contributed by atoms with Crippen molar-refractivity contribution in [1.29, 1.82) is 0 Å². The minimum absolute atomic E-state index is 0.127. The quantitative estimate of drug-likeness (QED) is 0.559. The largest absolute Gasteiger partial charge is 0.102 e. The van der Waals surface area contributed by atoms with E-state index < -0.39 is 0 Å². The van der Waals surface area contributed by atoms with Crippen molar-refractivity contribution < 1.29 is 0 Å². The Morgan fingerprint density at radius 2 is 1.69 bits per heavy atom. The molecule has 1 fully saturated rings. The predicted octanol–water partition coefficient (Wildman–Crippen LogP) is 2.58. The van der Waals surface area contributed by atoms with Gasteiger partial charge in [0.1, 0.15) is 0 Å². The molecular weight excluding hydrogens is 227 g/mol. The highest BCUT2D eigenvalue weighted by Gasteiger charge is 2.37. The zero-order chi connectivity index (χ0) is 11.6. The number of hydrogen-bond donors (Lipinski definition) is 0. The molecule has 0 amide bonds. The second kappa shape index (κ2) is 5.02. The van der Waals surface area contributed by atoms with Crippen LogP contribution in [0.25, 0.3) is 0 Å². The smallest absolute Gasteiger partial charge is 0.0389 e. The summed E-state index contributed by atoms with van der Waals surface area (Å²) in [5.74, 6) is 0. The molecule has 0 unspecified atom stereocenters. The van der Waals surface area contributed by atoms with Gasteiger partial charge in [0.25, 0.3) is 0 Å². The molecule has 2 heteroatoms. The first kappa shape index (κ1) is 12.3. The molecule has 0 nitrogen and oxygen atoms in total. The van der Waals surface area contributed by atoms with Gasteiger partial charge >= 0.3 is 0 Å². The van der Waals surface area contributed by atoms with Crippen molar-refractivity contribution in [2.45, 2.75) is 37.3 Å². The molecule has 0 heterocycles. The Labute approximate surface area is 104 Å². The molecule has 1 saturated carbocycles. The Morgan fingerprint density at radius 3 is 2.25 bits per heavy atom. The molecule has 16 heavy (non-hydrogen) atoms. The van der Waals surface area contributed by atoms with Gasteiger partial charge in [-0.2, -0.15) is 0 Å². The fourth-order valence-corrected chi connectivity index (χ4v) is 6.18. The topological polar surface area (TPSA) is 0 Å². The maximum atomic E-state index is 2.48. The van der Waals surface area contributed by atoms with Crippen LogP contribution in [0.1, 0.15) is 37.7 Å². The van der Waals surface area contributed by atoms with Gasteiger partial charge in [0.05, 0.1) is 0 Å². The first-order chi connectivity index (χ1) is 7.67. The summed E-state index contributed by atoms with van der Waals surface area (Å²) in [6, 6.07) is 9.20. The average molecular weight is 250 g/mol. The van der Waals surface area contributed by atoms with E-state index in [9.17, 15) is 0 Å². The molecule has 0 saturated heterocycles. The second-order valence-corrected chi connectivity index (χ2v) is 9.02. The molecule has 0 aromatic heterocycles. The summed E-state index contributed by atoms with van der Waals surface area (Å²) in [5.41, 5.74) is 1.71. The average Bonchev–Trinajstić information content (AvgIpc) is 2.30. The summed E-state index contributed by atoms with van der Waals surface area (Å²) >= 11 is 0. The molecule has 1 aliphatic rings. The van der Waals surface area contributed by atoms with Crippen LogP contribution in [0.5, 0.6) is 0 Å². The molecule has 0 aliphatic heterocycles. The van der Waals surface area contributed by atoms with E-state index in [4.69, 9.17) is 0 Å². The maximum absolute atomic E-state index is 2.48. The SMILES string of the molecule is CP(C)C1(c2ccccc2[SiH3])CCCCC1. The molecule has 0 radical (unpaired) electrons. The van der Waals surface area contributed by atoms with Crippen LogP contribution >= 0.6 is 7.92 Å². The summed E-state index contributed by atoms with van der Waals surface area (Å²) in [5, 5.41) is 2.20. The molecule has 0 spiro atoms. The van der Waals surface area contributed by atoms with Gasteiger partial charge in [-0.05, 0) is 31.7 Å². The van der Waals surface area contributed by atoms with Gasteiger partial charge in [-0.3, -0.25) is 0 Å². The van der Waals surface area contributed by atoms with E-state index >= 15 is 0 Å². The Kier molecular flexibility index (Phi) is 3.87. The van der Waals surface area contributed by atoms with Crippen LogP contribution < -0.4 is 5.19 Å². The van der Waals surface area contributed by atoms with Crippen molar-refractivity contribution in [2.75, 3.05) is 13.3 Å². The lowest BCUT2D eigenvalue weighted by Gasteiger charge is -2.42. The molecule has 2 rings (SSSR count). The van der Waals surface area contributed by atoms with E-state index in [2.05, 4.69) is 37.6 Å². The summed E-state index contributed by atoms with van der Waals surface area (Å²) in [6.07, 6.45) is 7.21. The van der Waals surface area contributed by atoms with E-state index in [1.54, 1.807) is 10.8 Å². The lowest BCUT2D eigenvalue weighted by molar-refractivity contribution is 0.402. The fourth-order valence-electron chi connectivity index (χ4n) is 3.19. The highest BCUT2D eigenvalue weighted by atomic mass is 31.1. The minimum atomic E-state index is 0.127. The zero-order valence-corrected chi connectivity index (χ0v) is 13.7. The molecule has 0 N–H and O–H groups in total. The first-order valence-electron chi connectivity index (χ1n) is 6.40. The van der Waals surface area contributed by atoms with Gasteiger partial charge in [0.15, 0.2) is 0 Å². The van der Waals surface area contributed by atoms with Crippen molar-refractivity contribution in [1.82, 2.24) is 0 Å². The molecule has 0 bridgehead atoms. The van der Waals surface area contributed by atoms with Crippen molar-refractivity contribution in [3.05, 3.63) is 29.8 Å². The van der Waals surface area contributed by atoms with Gasteiger partial charge in [-0.15, -0.1) is 7.92 Å². The fraction of sp³-hybridized carbons (Fsp3) is 0.571. The van der Waals surface area contributed by atoms with Crippen LogP contribution in [-0.2, 0) is 5.16 Å². The Morgan fingerprint density at radius 1 is 1.06 bits per heavy atom. The molecule has 1 aliphatic carbocycles. The molecular formula is C14H23PSi. The normalized spacial score (nSPS) is 20.2. The van der Waals surface area contributed by atoms with Crippen LogP contribution in [0, 0.1) is 0 Å². The minimum Gasteiger partial charge on any atom is -0.102 e. The summed E-state index contributed by atoms with van der Waals surface area (Å²) < 4.78 is 0. The van der Waals surface area contributed by atoms with Crippen molar-refractivity contribution in [3.63, 3.8) is 0 Å². The van der Waals surface area contributed by atoms with Crippen molar-refractivity contribution in [3.8, 4) is 0 Å². The van der Waals surface area contributed by atoms with Gasteiger partial charge in [-0.25, -0.2) is 0 Å². The Bertz CT molecular complexity index is 354. The second-order valence-electron chi connectivity index (χ2n) is 5.30. The van der Waals surface area contributed by atoms with Gasteiger partial charge < -0.3 is 0 Å². The van der Waals surface area contributed by atoms with Gasteiger partial charge in [0.2, 0.25) is 0 Å². The van der Waals surface area contributed by atoms with E-state index in [0.29, 0.717) is 5.16 Å². The van der Waals surface area contributed by atoms with E-state index in [0.717, 1.165) is 0 Å². The molecule has 0 atom stereocenters. The Balaban J connectivity index is 2.43. The number of hydrogen-bond acceptors (Lipinski definition) is 0. The van der Waals surface area contributed by atoms with E-state index in [1.807, 2.05) is 0 Å². The van der Waals surface area contributed by atoms with Crippen LogP contribution in [-0.4, -0.2) is 23.6 Å². The lowest BCUT2D eigenvalue weighted by Crippen LogP contribution is -2.32. The van der Waals surface area contributed by atoms with E-state index in [1.165, 1.54) is 42.3 Å². The zero-order valence-electron chi connectivity index (χ0n) is 10.8. The third-order valence-electron chi connectivity index (χ3n) is 4.18. The van der Waals surface area contributed by atoms with Crippen molar-refractivity contribution in [2.24, 2.45) is 0 Å².